The van der Waals surface area contributed by atoms with Gasteiger partial charge >= 0.3 is 0 Å². The minimum atomic E-state index is -0.335. The van der Waals surface area contributed by atoms with Crippen LogP contribution in [0.5, 0.6) is 0 Å². The highest BCUT2D eigenvalue weighted by Gasteiger charge is 2.42. The molecule has 2 fully saturated rings. The lowest BCUT2D eigenvalue weighted by molar-refractivity contribution is -0.145. The molecule has 1 aromatic carbocycles. The van der Waals surface area contributed by atoms with Crippen LogP contribution in [0.25, 0.3) is 0 Å². The van der Waals surface area contributed by atoms with Gasteiger partial charge in [0.15, 0.2) is 0 Å². The van der Waals surface area contributed by atoms with E-state index in [4.69, 9.17) is 4.74 Å². The average Bonchev–Trinajstić information content (AvgIpc) is 3.05. The van der Waals surface area contributed by atoms with Crippen molar-refractivity contribution in [2.75, 3.05) is 26.2 Å². The fourth-order valence-corrected chi connectivity index (χ4v) is 3.45. The van der Waals surface area contributed by atoms with Crippen molar-refractivity contribution in [3.05, 3.63) is 35.9 Å². The van der Waals surface area contributed by atoms with Gasteiger partial charge in [0.1, 0.15) is 6.10 Å². The molecular formula is C17H25ClN2O2. The lowest BCUT2D eigenvalue weighted by atomic mass is 9.92. The Hall–Kier alpha value is -1.10. The van der Waals surface area contributed by atoms with E-state index in [1.54, 1.807) is 0 Å². The number of nitrogens with zero attached hydrogens (tertiary/aromatic N) is 1. The minimum Gasteiger partial charge on any atom is -0.370 e. The van der Waals surface area contributed by atoms with Crippen molar-refractivity contribution in [1.82, 2.24) is 10.2 Å². The second-order valence-electron chi connectivity index (χ2n) is 5.99. The Bertz CT molecular complexity index is 489. The summed E-state index contributed by atoms with van der Waals surface area (Å²) in [4.78, 5) is 14.9. The number of rotatable bonds is 3. The lowest BCUT2D eigenvalue weighted by Crippen LogP contribution is -2.57. The molecule has 3 rings (SSSR count). The van der Waals surface area contributed by atoms with Crippen LogP contribution in [0, 0.1) is 0 Å². The van der Waals surface area contributed by atoms with E-state index in [1.165, 1.54) is 0 Å². The first-order valence-corrected chi connectivity index (χ1v) is 7.96. The topological polar surface area (TPSA) is 41.6 Å². The van der Waals surface area contributed by atoms with Gasteiger partial charge in [-0.05, 0) is 31.4 Å². The normalized spacial score (nSPS) is 28.2. The molecule has 0 aliphatic carbocycles. The summed E-state index contributed by atoms with van der Waals surface area (Å²) in [6, 6.07) is 10.2. The summed E-state index contributed by atoms with van der Waals surface area (Å²) < 4.78 is 5.86. The number of hydrogen-bond acceptors (Lipinski definition) is 3. The maximum absolute atomic E-state index is 12.9. The Labute approximate surface area is 138 Å². The monoisotopic (exact) mass is 324 g/mol. The van der Waals surface area contributed by atoms with E-state index in [9.17, 15) is 4.79 Å². The standard InChI is InChI=1S/C17H24N2O2.ClH/c1-2-17(9-6-10-18-17)16(20)19-11-12-21-15(13-19)14-7-4-3-5-8-14;/h3-5,7-8,15,18H,2,6,9-13H2,1H3;1H. The van der Waals surface area contributed by atoms with Crippen molar-refractivity contribution >= 4 is 18.3 Å². The second kappa shape index (κ2) is 7.44. The van der Waals surface area contributed by atoms with Crippen LogP contribution in [0.4, 0.5) is 0 Å². The Balaban J connectivity index is 0.00000176. The van der Waals surface area contributed by atoms with Crippen molar-refractivity contribution in [3.8, 4) is 0 Å². The molecule has 0 radical (unpaired) electrons. The Morgan fingerprint density at radius 3 is 2.82 bits per heavy atom. The highest BCUT2D eigenvalue weighted by atomic mass is 35.5. The number of morpholine rings is 1. The van der Waals surface area contributed by atoms with Crippen molar-refractivity contribution in [1.29, 1.82) is 0 Å². The fraction of sp³-hybridized carbons (Fsp3) is 0.588. The molecule has 2 aliphatic heterocycles. The first-order valence-electron chi connectivity index (χ1n) is 7.96. The van der Waals surface area contributed by atoms with Crippen molar-refractivity contribution in [3.63, 3.8) is 0 Å². The van der Waals surface area contributed by atoms with E-state index in [1.807, 2.05) is 23.1 Å². The molecule has 0 aromatic heterocycles. The van der Waals surface area contributed by atoms with Crippen LogP contribution < -0.4 is 5.32 Å². The van der Waals surface area contributed by atoms with Crippen molar-refractivity contribution in [2.45, 2.75) is 37.8 Å². The second-order valence-corrected chi connectivity index (χ2v) is 5.99. The highest BCUT2D eigenvalue weighted by Crippen LogP contribution is 2.29. The summed E-state index contributed by atoms with van der Waals surface area (Å²) in [6.45, 7) is 5.03. The van der Waals surface area contributed by atoms with E-state index in [0.717, 1.165) is 31.4 Å². The largest absolute Gasteiger partial charge is 0.370 e. The van der Waals surface area contributed by atoms with E-state index in [0.29, 0.717) is 19.7 Å². The van der Waals surface area contributed by atoms with Crippen LogP contribution in [0.3, 0.4) is 0 Å². The van der Waals surface area contributed by atoms with Gasteiger partial charge in [-0.3, -0.25) is 4.79 Å². The molecule has 1 aromatic rings. The molecule has 122 valence electrons. The van der Waals surface area contributed by atoms with Crippen LogP contribution in [-0.4, -0.2) is 42.6 Å². The van der Waals surface area contributed by atoms with Gasteiger partial charge in [-0.25, -0.2) is 0 Å². The number of carbonyl (C=O) groups is 1. The first-order chi connectivity index (χ1) is 10.2. The number of halogens is 1. The summed E-state index contributed by atoms with van der Waals surface area (Å²) in [5, 5.41) is 3.44. The van der Waals surface area contributed by atoms with Gasteiger partial charge in [0.2, 0.25) is 5.91 Å². The van der Waals surface area contributed by atoms with Gasteiger partial charge in [0.25, 0.3) is 0 Å². The van der Waals surface area contributed by atoms with Crippen LogP contribution >= 0.6 is 12.4 Å². The lowest BCUT2D eigenvalue weighted by Gasteiger charge is -2.39. The number of nitrogens with one attached hydrogen (secondary N) is 1. The number of benzene rings is 1. The third-order valence-corrected chi connectivity index (χ3v) is 4.78. The van der Waals surface area contributed by atoms with Crippen LogP contribution in [0.1, 0.15) is 37.9 Å². The molecule has 5 heteroatoms. The van der Waals surface area contributed by atoms with Crippen LogP contribution in [0.2, 0.25) is 0 Å². The van der Waals surface area contributed by atoms with E-state index in [2.05, 4.69) is 24.4 Å². The number of amides is 1. The Kier molecular flexibility index (Phi) is 5.84. The zero-order valence-corrected chi connectivity index (χ0v) is 13.9. The molecule has 0 spiro atoms. The SMILES string of the molecule is CCC1(C(=O)N2CCOC(c3ccccc3)C2)CCCN1.Cl. The summed E-state index contributed by atoms with van der Waals surface area (Å²) >= 11 is 0. The number of ether oxygens (including phenoxy) is 1. The molecule has 2 heterocycles. The molecular weight excluding hydrogens is 300 g/mol. The highest BCUT2D eigenvalue weighted by molar-refractivity contribution is 5.87. The summed E-state index contributed by atoms with van der Waals surface area (Å²) in [5.74, 6) is 0.256. The van der Waals surface area contributed by atoms with Crippen molar-refractivity contribution in [2.24, 2.45) is 0 Å². The summed E-state index contributed by atoms with van der Waals surface area (Å²) in [6.07, 6.45) is 2.90. The number of carbonyl (C=O) groups excluding carboxylic acids is 1. The zero-order valence-electron chi connectivity index (χ0n) is 13.1. The maximum Gasteiger partial charge on any atom is 0.243 e. The fourth-order valence-electron chi connectivity index (χ4n) is 3.45. The zero-order chi connectivity index (χ0) is 14.7. The molecule has 4 nitrogen and oxygen atoms in total. The maximum atomic E-state index is 12.9. The summed E-state index contributed by atoms with van der Waals surface area (Å²) in [5.41, 5.74) is 0.818. The Morgan fingerprint density at radius 2 is 2.18 bits per heavy atom. The molecule has 2 aliphatic rings. The van der Waals surface area contributed by atoms with Crippen LogP contribution in [0.15, 0.2) is 30.3 Å². The van der Waals surface area contributed by atoms with Gasteiger partial charge in [0, 0.05) is 6.54 Å². The predicted octanol–water partition coefficient (Wildman–Crippen LogP) is 2.54. The van der Waals surface area contributed by atoms with Gasteiger partial charge in [-0.15, -0.1) is 12.4 Å². The van der Waals surface area contributed by atoms with E-state index < -0.39 is 0 Å². The molecule has 2 saturated heterocycles. The first kappa shape index (κ1) is 17.3. The Morgan fingerprint density at radius 1 is 1.41 bits per heavy atom. The van der Waals surface area contributed by atoms with E-state index >= 15 is 0 Å². The predicted molar refractivity (Wildman–Crippen MR) is 89.2 cm³/mol. The smallest absolute Gasteiger partial charge is 0.243 e. The van der Waals surface area contributed by atoms with Crippen molar-refractivity contribution < 1.29 is 9.53 Å². The minimum absolute atomic E-state index is 0. The third kappa shape index (κ3) is 3.29. The number of hydrogen-bond donors (Lipinski definition) is 1. The quantitative estimate of drug-likeness (QED) is 0.929. The van der Waals surface area contributed by atoms with E-state index in [-0.39, 0.29) is 30.0 Å². The van der Waals surface area contributed by atoms with Gasteiger partial charge < -0.3 is 15.0 Å². The molecule has 22 heavy (non-hydrogen) atoms. The molecule has 0 bridgehead atoms. The van der Waals surface area contributed by atoms with Gasteiger partial charge in [-0.2, -0.15) is 0 Å². The van der Waals surface area contributed by atoms with Crippen LogP contribution in [-0.2, 0) is 9.53 Å². The third-order valence-electron chi connectivity index (χ3n) is 4.78. The molecule has 2 unspecified atom stereocenters. The summed E-state index contributed by atoms with van der Waals surface area (Å²) in [7, 11) is 0. The molecule has 1 amide bonds. The molecule has 1 N–H and O–H groups in total. The average molecular weight is 325 g/mol. The van der Waals surface area contributed by atoms with Gasteiger partial charge in [0.05, 0.1) is 18.7 Å². The molecule has 2 atom stereocenters. The molecule has 0 saturated carbocycles. The van der Waals surface area contributed by atoms with Gasteiger partial charge in [-0.1, -0.05) is 37.3 Å².